The average Bonchev–Trinajstić information content (AvgIpc) is 3.47. The molecule has 0 fully saturated rings. The lowest BCUT2D eigenvalue weighted by molar-refractivity contribution is -0.0171. The number of benzene rings is 1. The van der Waals surface area contributed by atoms with Crippen LogP contribution in [0.1, 0.15) is 40.2 Å². The maximum Gasteiger partial charge on any atom is 0.263 e. The van der Waals surface area contributed by atoms with Gasteiger partial charge in [0.05, 0.1) is 24.8 Å². The number of ether oxygens (including phenoxy) is 2. The Balaban J connectivity index is 1.42. The van der Waals surface area contributed by atoms with Gasteiger partial charge in [-0.2, -0.15) is 0 Å². The molecule has 4 aromatic rings. The minimum absolute atomic E-state index is 0.0378. The third-order valence-electron chi connectivity index (χ3n) is 6.04. The van der Waals surface area contributed by atoms with Gasteiger partial charge in [0, 0.05) is 21.8 Å². The first-order valence-corrected chi connectivity index (χ1v) is 12.7. The number of furan rings is 1. The summed E-state index contributed by atoms with van der Waals surface area (Å²) in [4.78, 5) is 20.7. The molecule has 170 valence electrons. The van der Waals surface area contributed by atoms with Crippen LogP contribution in [0.15, 0.2) is 44.9 Å². The summed E-state index contributed by atoms with van der Waals surface area (Å²) in [6, 6.07) is 6.58. The Hall–Kier alpha value is -2.62. The van der Waals surface area contributed by atoms with Crippen molar-refractivity contribution in [1.29, 1.82) is 0 Å². The fourth-order valence-electron chi connectivity index (χ4n) is 4.53. The molecular weight excluding hydrogens is 463 g/mol. The molecule has 0 bridgehead atoms. The molecule has 33 heavy (non-hydrogen) atoms. The summed E-state index contributed by atoms with van der Waals surface area (Å²) in [7, 11) is 0. The summed E-state index contributed by atoms with van der Waals surface area (Å²) in [6.45, 7) is 0.761. The Morgan fingerprint density at radius 3 is 3.03 bits per heavy atom. The van der Waals surface area contributed by atoms with Crippen LogP contribution in [-0.4, -0.2) is 16.3 Å². The maximum atomic E-state index is 14.2. The highest BCUT2D eigenvalue weighted by atomic mass is 32.2. The van der Waals surface area contributed by atoms with Gasteiger partial charge in [0.2, 0.25) is 0 Å². The SMILES string of the molecule is O=c1c2c3c(sc2nc(SCc2cc(F)cc4c2OCOC4)n1Cc1ccco1)CCCC3. The second-order valence-corrected chi connectivity index (χ2v) is 10.2. The Morgan fingerprint density at radius 2 is 2.15 bits per heavy atom. The van der Waals surface area contributed by atoms with Crippen molar-refractivity contribution in [2.75, 3.05) is 6.79 Å². The van der Waals surface area contributed by atoms with E-state index in [1.807, 2.05) is 12.1 Å². The molecule has 1 aliphatic heterocycles. The molecule has 3 aromatic heterocycles. The maximum absolute atomic E-state index is 14.2. The van der Waals surface area contributed by atoms with Crippen LogP contribution in [0, 0.1) is 5.82 Å². The molecule has 0 spiro atoms. The number of aryl methyl sites for hydroxylation is 2. The molecule has 0 N–H and O–H groups in total. The fraction of sp³-hybridized carbons (Fsp3) is 0.333. The minimum atomic E-state index is -0.333. The number of halogens is 1. The highest BCUT2D eigenvalue weighted by Gasteiger charge is 2.24. The largest absolute Gasteiger partial charge is 0.467 e. The zero-order valence-electron chi connectivity index (χ0n) is 17.8. The molecule has 0 amide bonds. The second-order valence-electron chi connectivity index (χ2n) is 8.21. The lowest BCUT2D eigenvalue weighted by Gasteiger charge is -2.21. The molecule has 1 aliphatic carbocycles. The predicted molar refractivity (Wildman–Crippen MR) is 125 cm³/mol. The summed E-state index contributed by atoms with van der Waals surface area (Å²) in [6.07, 6.45) is 5.78. The standard InChI is InChI=1S/C24H21FN2O4S2/c25-16-8-14-11-29-13-31-21(14)15(9-16)12-32-24-26-22-20(18-5-1-2-6-19(18)33-22)23(28)27(24)10-17-4-3-7-30-17/h3-4,7-9H,1-2,5-6,10-13H2. The third kappa shape index (κ3) is 3.88. The summed E-state index contributed by atoms with van der Waals surface area (Å²) >= 11 is 3.04. The van der Waals surface area contributed by atoms with Gasteiger partial charge in [-0.3, -0.25) is 9.36 Å². The van der Waals surface area contributed by atoms with Crippen LogP contribution < -0.4 is 10.3 Å². The van der Waals surface area contributed by atoms with Gasteiger partial charge >= 0.3 is 0 Å². The van der Waals surface area contributed by atoms with Gasteiger partial charge < -0.3 is 13.9 Å². The lowest BCUT2D eigenvalue weighted by Crippen LogP contribution is -2.24. The van der Waals surface area contributed by atoms with Crippen molar-refractivity contribution in [3.8, 4) is 5.75 Å². The number of hydrogen-bond acceptors (Lipinski definition) is 7. The van der Waals surface area contributed by atoms with Gasteiger partial charge in [-0.1, -0.05) is 11.8 Å². The normalized spacial score (nSPS) is 15.3. The van der Waals surface area contributed by atoms with Crippen molar-refractivity contribution in [3.63, 3.8) is 0 Å². The monoisotopic (exact) mass is 484 g/mol. The molecule has 9 heteroatoms. The van der Waals surface area contributed by atoms with Gasteiger partial charge in [-0.25, -0.2) is 9.37 Å². The van der Waals surface area contributed by atoms with E-state index in [1.54, 1.807) is 22.2 Å². The van der Waals surface area contributed by atoms with Gasteiger partial charge in [-0.05, 0) is 55.5 Å². The number of rotatable bonds is 5. The quantitative estimate of drug-likeness (QED) is 0.284. The number of hydrogen-bond donors (Lipinski definition) is 0. The van der Waals surface area contributed by atoms with Gasteiger partial charge in [0.15, 0.2) is 11.9 Å². The van der Waals surface area contributed by atoms with Crippen LogP contribution in [0.25, 0.3) is 10.2 Å². The third-order valence-corrected chi connectivity index (χ3v) is 8.25. The Morgan fingerprint density at radius 1 is 1.24 bits per heavy atom. The minimum Gasteiger partial charge on any atom is -0.467 e. The summed E-state index contributed by atoms with van der Waals surface area (Å²) in [5, 5.41) is 1.33. The topological polar surface area (TPSA) is 66.5 Å². The zero-order valence-corrected chi connectivity index (χ0v) is 19.4. The highest BCUT2D eigenvalue weighted by molar-refractivity contribution is 7.98. The smallest absolute Gasteiger partial charge is 0.263 e. The summed E-state index contributed by atoms with van der Waals surface area (Å²) in [5.41, 5.74) is 2.54. The van der Waals surface area contributed by atoms with E-state index in [2.05, 4.69) is 0 Å². The van der Waals surface area contributed by atoms with Crippen LogP contribution in [0.5, 0.6) is 5.75 Å². The summed E-state index contributed by atoms with van der Waals surface area (Å²) in [5.74, 6) is 1.43. The van der Waals surface area contributed by atoms with Gasteiger partial charge in [0.25, 0.3) is 5.56 Å². The molecule has 0 radical (unpaired) electrons. The van der Waals surface area contributed by atoms with Gasteiger partial charge in [0.1, 0.15) is 22.2 Å². The van der Waals surface area contributed by atoms with E-state index >= 15 is 0 Å². The molecule has 0 saturated heterocycles. The van der Waals surface area contributed by atoms with Crippen LogP contribution in [0.3, 0.4) is 0 Å². The number of thioether (sulfide) groups is 1. The second kappa shape index (κ2) is 8.62. The summed E-state index contributed by atoms with van der Waals surface area (Å²) < 4.78 is 32.4. The fourth-order valence-corrected chi connectivity index (χ4v) is 6.80. The zero-order chi connectivity index (χ0) is 22.4. The number of nitrogens with zero attached hydrogens (tertiary/aromatic N) is 2. The molecule has 2 aliphatic rings. The van der Waals surface area contributed by atoms with Crippen LogP contribution in [-0.2, 0) is 36.5 Å². The van der Waals surface area contributed by atoms with Crippen molar-refractivity contribution in [3.05, 3.63) is 74.0 Å². The lowest BCUT2D eigenvalue weighted by atomic mass is 9.97. The van der Waals surface area contributed by atoms with Crippen molar-refractivity contribution in [1.82, 2.24) is 9.55 Å². The molecule has 0 atom stereocenters. The van der Waals surface area contributed by atoms with Crippen molar-refractivity contribution in [2.24, 2.45) is 0 Å². The van der Waals surface area contributed by atoms with E-state index in [0.717, 1.165) is 47.0 Å². The molecule has 1 aromatic carbocycles. The first kappa shape index (κ1) is 20.9. The van der Waals surface area contributed by atoms with E-state index in [-0.39, 0.29) is 18.2 Å². The van der Waals surface area contributed by atoms with Crippen molar-refractivity contribution in [2.45, 2.75) is 49.7 Å². The van der Waals surface area contributed by atoms with E-state index in [0.29, 0.717) is 41.1 Å². The number of fused-ring (bicyclic) bond motifs is 4. The molecule has 0 saturated carbocycles. The molecule has 0 unspecified atom stereocenters. The van der Waals surface area contributed by atoms with Crippen molar-refractivity contribution < 1.29 is 18.3 Å². The van der Waals surface area contributed by atoms with E-state index in [9.17, 15) is 9.18 Å². The molecular formula is C24H21FN2O4S2. The predicted octanol–water partition coefficient (Wildman–Crippen LogP) is 5.28. The first-order chi connectivity index (χ1) is 16.2. The van der Waals surface area contributed by atoms with E-state index < -0.39 is 0 Å². The highest BCUT2D eigenvalue weighted by Crippen LogP contribution is 2.37. The molecule has 6 nitrogen and oxygen atoms in total. The molecule has 4 heterocycles. The Kier molecular flexibility index (Phi) is 5.48. The molecule has 6 rings (SSSR count). The number of thiophene rings is 1. The van der Waals surface area contributed by atoms with E-state index in [1.165, 1.54) is 28.8 Å². The Labute approximate surface area is 197 Å². The first-order valence-electron chi connectivity index (χ1n) is 10.9. The number of aromatic nitrogens is 2. The average molecular weight is 485 g/mol. The van der Waals surface area contributed by atoms with E-state index in [4.69, 9.17) is 18.9 Å². The van der Waals surface area contributed by atoms with Crippen LogP contribution in [0.4, 0.5) is 4.39 Å². The van der Waals surface area contributed by atoms with Crippen LogP contribution >= 0.6 is 23.1 Å². The van der Waals surface area contributed by atoms with Crippen LogP contribution in [0.2, 0.25) is 0 Å². The Bertz CT molecular complexity index is 1390. The van der Waals surface area contributed by atoms with Crippen molar-refractivity contribution >= 4 is 33.3 Å². The van der Waals surface area contributed by atoms with Gasteiger partial charge in [-0.15, -0.1) is 11.3 Å².